The summed E-state index contributed by atoms with van der Waals surface area (Å²) >= 11 is 1.50. The van der Waals surface area contributed by atoms with Crippen LogP contribution in [0.25, 0.3) is 11.3 Å². The van der Waals surface area contributed by atoms with E-state index in [2.05, 4.69) is 65.2 Å². The molecule has 0 saturated carbocycles. The van der Waals surface area contributed by atoms with Gasteiger partial charge in [-0.25, -0.2) is 15.0 Å². The van der Waals surface area contributed by atoms with Crippen molar-refractivity contribution in [2.45, 2.75) is 46.0 Å². The molecule has 3 heterocycles. The first-order valence-corrected chi connectivity index (χ1v) is 11.7. The van der Waals surface area contributed by atoms with Crippen molar-refractivity contribution in [3.63, 3.8) is 0 Å². The number of nitrogens with zero attached hydrogens (tertiary/aromatic N) is 5. The Morgan fingerprint density at radius 1 is 1.12 bits per heavy atom. The molecule has 7 nitrogen and oxygen atoms in total. The molecule has 0 aliphatic carbocycles. The average Bonchev–Trinajstić information content (AvgIpc) is 3.42. The van der Waals surface area contributed by atoms with Crippen molar-refractivity contribution in [3.05, 3.63) is 70.2 Å². The molecular weight excluding hydrogens is 432 g/mol. The lowest BCUT2D eigenvalue weighted by Crippen LogP contribution is -2.09. The van der Waals surface area contributed by atoms with Gasteiger partial charge in [-0.3, -0.25) is 9.48 Å². The summed E-state index contributed by atoms with van der Waals surface area (Å²) in [6.07, 6.45) is 8.08. The molecule has 1 N–H and O–H groups in total. The number of rotatable bonds is 7. The lowest BCUT2D eigenvalue weighted by atomic mass is 9.98. The number of hydrogen-bond acceptors (Lipinski definition) is 7. The van der Waals surface area contributed by atoms with Crippen LogP contribution in [0, 0.1) is 6.92 Å². The summed E-state index contributed by atoms with van der Waals surface area (Å²) in [7, 11) is 1.87. The number of benzene rings is 1. The maximum atomic E-state index is 12.7. The van der Waals surface area contributed by atoms with Crippen molar-refractivity contribution in [1.82, 2.24) is 24.7 Å². The van der Waals surface area contributed by atoms with Gasteiger partial charge in [-0.05, 0) is 30.5 Å². The largest absolute Gasteiger partial charge is 0.338 e. The lowest BCUT2D eigenvalue weighted by Gasteiger charge is -2.13. The predicted molar refractivity (Wildman–Crippen MR) is 132 cm³/mol. The Kier molecular flexibility index (Phi) is 6.37. The van der Waals surface area contributed by atoms with Crippen LogP contribution in [0.2, 0.25) is 0 Å². The first kappa shape index (κ1) is 22.8. The van der Waals surface area contributed by atoms with E-state index in [0.717, 1.165) is 38.0 Å². The number of thiazole rings is 1. The molecule has 0 amide bonds. The van der Waals surface area contributed by atoms with E-state index in [4.69, 9.17) is 0 Å². The molecule has 0 unspecified atom stereocenters. The van der Waals surface area contributed by atoms with Gasteiger partial charge in [0.1, 0.15) is 12.1 Å². The highest BCUT2D eigenvalue weighted by Gasteiger charge is 2.20. The Morgan fingerprint density at radius 3 is 2.61 bits per heavy atom. The quantitative estimate of drug-likeness (QED) is 0.367. The Bertz CT molecular complexity index is 1280. The summed E-state index contributed by atoms with van der Waals surface area (Å²) in [5, 5.41) is 8.40. The van der Waals surface area contributed by atoms with Gasteiger partial charge in [0.15, 0.2) is 5.78 Å². The summed E-state index contributed by atoms with van der Waals surface area (Å²) in [4.78, 5) is 26.6. The van der Waals surface area contributed by atoms with Crippen LogP contribution in [-0.2, 0) is 18.9 Å². The molecule has 0 fully saturated rings. The van der Waals surface area contributed by atoms with Crippen LogP contribution in [0.4, 0.5) is 11.5 Å². The molecular formula is C25H28N6OS. The van der Waals surface area contributed by atoms with Gasteiger partial charge in [-0.1, -0.05) is 32.9 Å². The molecule has 8 heteroatoms. The van der Waals surface area contributed by atoms with E-state index < -0.39 is 0 Å². The van der Waals surface area contributed by atoms with Gasteiger partial charge in [0.05, 0.1) is 27.5 Å². The van der Waals surface area contributed by atoms with Crippen molar-refractivity contribution in [2.75, 3.05) is 5.32 Å². The van der Waals surface area contributed by atoms with Gasteiger partial charge in [0.2, 0.25) is 0 Å². The molecule has 0 saturated heterocycles. The molecule has 1 aromatic carbocycles. The van der Waals surface area contributed by atoms with E-state index in [1.54, 1.807) is 23.4 Å². The Labute approximate surface area is 198 Å². The van der Waals surface area contributed by atoms with Crippen molar-refractivity contribution in [1.29, 1.82) is 0 Å². The average molecular weight is 461 g/mol. The van der Waals surface area contributed by atoms with Crippen LogP contribution in [0.1, 0.15) is 53.0 Å². The number of ketones is 1. The molecule has 0 aliphatic heterocycles. The molecule has 0 spiro atoms. The second kappa shape index (κ2) is 9.23. The van der Waals surface area contributed by atoms with Crippen LogP contribution in [0.5, 0.6) is 0 Å². The zero-order valence-corrected chi connectivity index (χ0v) is 20.4. The fourth-order valence-corrected chi connectivity index (χ4v) is 4.42. The van der Waals surface area contributed by atoms with E-state index >= 15 is 0 Å². The smallest absolute Gasteiger partial charge is 0.174 e. The Hall–Kier alpha value is -3.39. The van der Waals surface area contributed by atoms with Crippen molar-refractivity contribution in [2.24, 2.45) is 7.05 Å². The number of carbonyl (C=O) groups excluding carboxylic acids is 1. The van der Waals surface area contributed by atoms with E-state index in [1.807, 2.05) is 25.4 Å². The number of carbonyl (C=O) groups is 1. The molecule has 0 radical (unpaired) electrons. The van der Waals surface area contributed by atoms with Gasteiger partial charge >= 0.3 is 0 Å². The fraction of sp³-hybridized carbons (Fsp3) is 0.320. The molecule has 4 rings (SSSR count). The van der Waals surface area contributed by atoms with Gasteiger partial charge in [0, 0.05) is 42.9 Å². The number of Topliss-reactive ketones (excluding diaryl/α,β-unsaturated/α-hetero) is 1. The topological polar surface area (TPSA) is 85.6 Å². The van der Waals surface area contributed by atoms with Crippen LogP contribution in [0.3, 0.4) is 0 Å². The monoisotopic (exact) mass is 460 g/mol. The van der Waals surface area contributed by atoms with Gasteiger partial charge < -0.3 is 5.32 Å². The Morgan fingerprint density at radius 2 is 1.94 bits per heavy atom. The van der Waals surface area contributed by atoms with E-state index in [0.29, 0.717) is 18.7 Å². The third-order valence-electron chi connectivity index (χ3n) is 5.33. The first-order chi connectivity index (χ1) is 15.7. The summed E-state index contributed by atoms with van der Waals surface area (Å²) in [6, 6.07) is 8.16. The van der Waals surface area contributed by atoms with Crippen molar-refractivity contribution < 1.29 is 4.79 Å². The number of aromatic nitrogens is 5. The maximum Gasteiger partial charge on any atom is 0.174 e. The van der Waals surface area contributed by atoms with E-state index in [-0.39, 0.29) is 11.2 Å². The van der Waals surface area contributed by atoms with Crippen molar-refractivity contribution in [3.8, 4) is 11.3 Å². The standard InChI is InChI=1S/C25H28N6OS/c1-16-10-18(20-11-23(28-15-27-20)30-19-12-29-31(5)14-19)7-6-17(16)8-9-21(32)22-13-26-24(33-22)25(2,3)4/h6-7,10-15H,8-9H2,1-5H3,(H,27,28,30). The third-order valence-corrected chi connectivity index (χ3v) is 6.79. The first-order valence-electron chi connectivity index (χ1n) is 10.9. The SMILES string of the molecule is Cc1cc(-c2cc(Nc3cnn(C)c3)ncn2)ccc1CCC(=O)c1cnc(C(C)(C)C)s1. The maximum absolute atomic E-state index is 12.7. The molecule has 33 heavy (non-hydrogen) atoms. The minimum absolute atomic E-state index is 0.0377. The van der Waals surface area contributed by atoms with Crippen LogP contribution in [-0.4, -0.2) is 30.5 Å². The van der Waals surface area contributed by atoms with Crippen molar-refractivity contribution >= 4 is 28.6 Å². The highest BCUT2D eigenvalue weighted by molar-refractivity contribution is 7.13. The van der Waals surface area contributed by atoms with Crippen LogP contribution < -0.4 is 5.32 Å². The molecule has 0 aliphatic rings. The highest BCUT2D eigenvalue weighted by Crippen LogP contribution is 2.28. The van der Waals surface area contributed by atoms with Crippen LogP contribution in [0.15, 0.2) is 49.2 Å². The third kappa shape index (κ3) is 5.51. The molecule has 4 aromatic rings. The predicted octanol–water partition coefficient (Wildman–Crippen LogP) is 5.50. The molecule has 3 aromatic heterocycles. The van der Waals surface area contributed by atoms with E-state index in [1.165, 1.54) is 11.3 Å². The zero-order valence-electron chi connectivity index (χ0n) is 19.6. The minimum Gasteiger partial charge on any atom is -0.338 e. The van der Waals surface area contributed by atoms with Gasteiger partial charge in [-0.15, -0.1) is 11.3 Å². The normalized spacial score (nSPS) is 11.5. The lowest BCUT2D eigenvalue weighted by molar-refractivity contribution is 0.0986. The fourth-order valence-electron chi connectivity index (χ4n) is 3.47. The highest BCUT2D eigenvalue weighted by atomic mass is 32.1. The van der Waals surface area contributed by atoms with Gasteiger partial charge in [0.25, 0.3) is 0 Å². The van der Waals surface area contributed by atoms with Crippen LogP contribution >= 0.6 is 11.3 Å². The Balaban J connectivity index is 1.43. The number of anilines is 2. The van der Waals surface area contributed by atoms with Gasteiger partial charge in [-0.2, -0.15) is 5.10 Å². The second-order valence-corrected chi connectivity index (χ2v) is 10.2. The zero-order chi connectivity index (χ0) is 23.6. The number of aryl methyl sites for hydroxylation is 3. The molecule has 170 valence electrons. The number of hydrogen-bond donors (Lipinski definition) is 1. The minimum atomic E-state index is -0.0377. The summed E-state index contributed by atoms with van der Waals surface area (Å²) in [5.74, 6) is 0.855. The number of nitrogens with one attached hydrogen (secondary N) is 1. The summed E-state index contributed by atoms with van der Waals surface area (Å²) in [6.45, 7) is 8.41. The second-order valence-electron chi connectivity index (χ2n) is 9.16. The molecule has 0 atom stereocenters. The summed E-state index contributed by atoms with van der Waals surface area (Å²) in [5.41, 5.74) is 4.98. The molecule has 0 bridgehead atoms. The summed E-state index contributed by atoms with van der Waals surface area (Å²) < 4.78 is 1.73. The van der Waals surface area contributed by atoms with E-state index in [9.17, 15) is 4.79 Å².